The van der Waals surface area contributed by atoms with Gasteiger partial charge in [-0.1, -0.05) is 13.8 Å². The molecule has 0 saturated carbocycles. The first-order chi connectivity index (χ1) is 12.8. The molecule has 0 aliphatic carbocycles. The number of hydrogen-bond acceptors (Lipinski definition) is 6. The molecule has 2 saturated heterocycles. The van der Waals surface area contributed by atoms with Crippen molar-refractivity contribution in [3.63, 3.8) is 0 Å². The quantitative estimate of drug-likeness (QED) is 0.654. The fourth-order valence-corrected chi connectivity index (χ4v) is 5.57. The van der Waals surface area contributed by atoms with Crippen molar-refractivity contribution < 1.29 is 18.1 Å². The second kappa shape index (κ2) is 8.52. The number of rotatable bonds is 6. The highest BCUT2D eigenvalue weighted by Crippen LogP contribution is 2.19. The Hall–Kier alpha value is -1.74. The summed E-state index contributed by atoms with van der Waals surface area (Å²) >= 11 is 0. The summed E-state index contributed by atoms with van der Waals surface area (Å²) < 4.78 is 23.7. The van der Waals surface area contributed by atoms with Crippen LogP contribution >= 0.6 is 0 Å². The SMILES string of the molecule is CC(C)CN(C(=O)C[NH+]1CCN(c2ncccn2)CC1)[C@@H]1CCS(=O)(=O)C1. The molecule has 2 fully saturated rings. The highest BCUT2D eigenvalue weighted by atomic mass is 32.2. The fraction of sp³-hybridized carbons (Fsp3) is 0.722. The van der Waals surface area contributed by atoms with Gasteiger partial charge in [0.25, 0.3) is 5.91 Å². The van der Waals surface area contributed by atoms with E-state index in [0.717, 1.165) is 32.1 Å². The van der Waals surface area contributed by atoms with E-state index in [2.05, 4.69) is 28.7 Å². The van der Waals surface area contributed by atoms with E-state index in [1.807, 2.05) is 4.90 Å². The predicted molar refractivity (Wildman–Crippen MR) is 103 cm³/mol. The first-order valence-electron chi connectivity index (χ1n) is 9.69. The predicted octanol–water partition coefficient (Wildman–Crippen LogP) is -1.15. The van der Waals surface area contributed by atoms with Gasteiger partial charge in [0.1, 0.15) is 0 Å². The van der Waals surface area contributed by atoms with Crippen molar-refractivity contribution in [1.29, 1.82) is 0 Å². The van der Waals surface area contributed by atoms with Gasteiger partial charge in [-0.25, -0.2) is 18.4 Å². The van der Waals surface area contributed by atoms with Gasteiger partial charge in [0, 0.05) is 25.0 Å². The minimum Gasteiger partial charge on any atom is -0.334 e. The maximum Gasteiger partial charge on any atom is 0.278 e. The topological polar surface area (TPSA) is 87.9 Å². The summed E-state index contributed by atoms with van der Waals surface area (Å²) in [7, 11) is -3.00. The molecule has 0 bridgehead atoms. The lowest BCUT2D eigenvalue weighted by Gasteiger charge is -2.34. The monoisotopic (exact) mass is 396 g/mol. The molecule has 150 valence electrons. The Bertz CT molecular complexity index is 733. The van der Waals surface area contributed by atoms with Crippen LogP contribution in [0.25, 0.3) is 0 Å². The van der Waals surface area contributed by atoms with Gasteiger partial charge in [0.2, 0.25) is 5.95 Å². The molecule has 0 unspecified atom stereocenters. The molecule has 1 aromatic heterocycles. The van der Waals surface area contributed by atoms with E-state index in [9.17, 15) is 13.2 Å². The third-order valence-electron chi connectivity index (χ3n) is 5.24. The zero-order chi connectivity index (χ0) is 19.4. The second-order valence-electron chi connectivity index (χ2n) is 7.96. The number of piperazine rings is 1. The molecule has 0 radical (unpaired) electrons. The average molecular weight is 397 g/mol. The molecule has 1 N–H and O–H groups in total. The van der Waals surface area contributed by atoms with Crippen molar-refractivity contribution in [3.05, 3.63) is 18.5 Å². The Balaban J connectivity index is 1.56. The number of sulfone groups is 1. The number of aromatic nitrogens is 2. The lowest BCUT2D eigenvalue weighted by atomic mass is 10.1. The van der Waals surface area contributed by atoms with Gasteiger partial charge in [-0.15, -0.1) is 0 Å². The molecule has 9 heteroatoms. The van der Waals surface area contributed by atoms with Crippen LogP contribution in [0.3, 0.4) is 0 Å². The van der Waals surface area contributed by atoms with E-state index in [1.165, 1.54) is 4.90 Å². The molecule has 1 amide bonds. The summed E-state index contributed by atoms with van der Waals surface area (Å²) in [6.45, 7) is 8.50. The minimum atomic E-state index is -3.00. The maximum absolute atomic E-state index is 13.0. The van der Waals surface area contributed by atoms with Crippen molar-refractivity contribution in [2.75, 3.05) is 55.7 Å². The largest absolute Gasteiger partial charge is 0.334 e. The van der Waals surface area contributed by atoms with Crippen molar-refractivity contribution in [3.8, 4) is 0 Å². The number of anilines is 1. The van der Waals surface area contributed by atoms with Crippen LogP contribution in [0.1, 0.15) is 20.3 Å². The molecule has 2 aliphatic rings. The van der Waals surface area contributed by atoms with E-state index in [1.54, 1.807) is 18.5 Å². The fourth-order valence-electron chi connectivity index (χ4n) is 3.84. The zero-order valence-corrected chi connectivity index (χ0v) is 17.0. The third kappa shape index (κ3) is 5.38. The van der Waals surface area contributed by atoms with Gasteiger partial charge >= 0.3 is 0 Å². The summed E-state index contributed by atoms with van der Waals surface area (Å²) in [6, 6.07) is 1.64. The van der Waals surface area contributed by atoms with Gasteiger partial charge < -0.3 is 14.7 Å². The van der Waals surface area contributed by atoms with Crippen LogP contribution in [-0.4, -0.2) is 86.0 Å². The Kier molecular flexibility index (Phi) is 6.31. The highest BCUT2D eigenvalue weighted by Gasteiger charge is 2.36. The molecule has 2 aliphatic heterocycles. The van der Waals surface area contributed by atoms with E-state index < -0.39 is 9.84 Å². The van der Waals surface area contributed by atoms with Gasteiger partial charge in [0.05, 0.1) is 37.7 Å². The number of nitrogens with one attached hydrogen (secondary N) is 1. The van der Waals surface area contributed by atoms with E-state index in [0.29, 0.717) is 25.4 Å². The maximum atomic E-state index is 13.0. The molecule has 27 heavy (non-hydrogen) atoms. The van der Waals surface area contributed by atoms with Crippen LogP contribution in [0.4, 0.5) is 5.95 Å². The Morgan fingerprint density at radius 3 is 2.52 bits per heavy atom. The van der Waals surface area contributed by atoms with Crippen LogP contribution in [0.2, 0.25) is 0 Å². The molecular formula is C18H30N5O3S+. The number of carbonyl (C=O) groups is 1. The molecule has 0 spiro atoms. The Morgan fingerprint density at radius 2 is 1.96 bits per heavy atom. The molecule has 1 aromatic rings. The molecule has 0 aromatic carbocycles. The van der Waals surface area contributed by atoms with Crippen molar-refractivity contribution in [2.24, 2.45) is 5.92 Å². The second-order valence-corrected chi connectivity index (χ2v) is 10.2. The van der Waals surface area contributed by atoms with Gasteiger partial charge in [-0.2, -0.15) is 0 Å². The Labute approximate surface area is 161 Å². The summed E-state index contributed by atoms with van der Waals surface area (Å²) in [6.07, 6.45) is 4.05. The zero-order valence-electron chi connectivity index (χ0n) is 16.2. The molecule has 3 heterocycles. The van der Waals surface area contributed by atoms with Gasteiger partial charge in [0.15, 0.2) is 16.4 Å². The van der Waals surface area contributed by atoms with Crippen LogP contribution in [0.15, 0.2) is 18.5 Å². The van der Waals surface area contributed by atoms with E-state index >= 15 is 0 Å². The molecular weight excluding hydrogens is 366 g/mol. The highest BCUT2D eigenvalue weighted by molar-refractivity contribution is 7.91. The number of nitrogens with zero attached hydrogens (tertiary/aromatic N) is 4. The van der Waals surface area contributed by atoms with Gasteiger partial charge in [-0.3, -0.25) is 4.79 Å². The first kappa shape index (κ1) is 20.0. The van der Waals surface area contributed by atoms with E-state index in [-0.39, 0.29) is 23.5 Å². The third-order valence-corrected chi connectivity index (χ3v) is 6.99. The number of hydrogen-bond donors (Lipinski definition) is 1. The number of amides is 1. The molecule has 3 rings (SSSR count). The molecule has 1 atom stereocenters. The lowest BCUT2D eigenvalue weighted by molar-refractivity contribution is -0.892. The molecule has 8 nitrogen and oxygen atoms in total. The van der Waals surface area contributed by atoms with Crippen LogP contribution in [0, 0.1) is 5.92 Å². The standard InChI is InChI=1S/C18H29N5O3S/c1-15(2)12-23(16-4-11-27(25,26)14-16)17(24)13-21-7-9-22(10-8-21)18-19-5-3-6-20-18/h3,5-6,15-16H,4,7-14H2,1-2H3/p+1/t16-/m1/s1. The normalized spacial score (nSPS) is 22.9. The van der Waals surface area contributed by atoms with Crippen LogP contribution in [-0.2, 0) is 14.6 Å². The van der Waals surface area contributed by atoms with E-state index in [4.69, 9.17) is 0 Å². The number of quaternary nitrogens is 1. The smallest absolute Gasteiger partial charge is 0.278 e. The summed E-state index contributed by atoms with van der Waals surface area (Å²) in [4.78, 5) is 26.8. The first-order valence-corrected chi connectivity index (χ1v) is 11.5. The Morgan fingerprint density at radius 1 is 1.30 bits per heavy atom. The summed E-state index contributed by atoms with van der Waals surface area (Å²) in [5.41, 5.74) is 0. The summed E-state index contributed by atoms with van der Waals surface area (Å²) in [5, 5.41) is 0. The van der Waals surface area contributed by atoms with Gasteiger partial charge in [-0.05, 0) is 18.4 Å². The average Bonchev–Trinajstić information content (AvgIpc) is 3.00. The van der Waals surface area contributed by atoms with Crippen LogP contribution < -0.4 is 9.80 Å². The minimum absolute atomic E-state index is 0.0743. The van der Waals surface area contributed by atoms with Crippen molar-refractivity contribution in [2.45, 2.75) is 26.3 Å². The van der Waals surface area contributed by atoms with Crippen molar-refractivity contribution in [1.82, 2.24) is 14.9 Å². The summed E-state index contributed by atoms with van der Waals surface area (Å²) in [5.74, 6) is 1.44. The number of carbonyl (C=O) groups excluding carboxylic acids is 1. The van der Waals surface area contributed by atoms with Crippen molar-refractivity contribution >= 4 is 21.7 Å². The van der Waals surface area contributed by atoms with Crippen LogP contribution in [0.5, 0.6) is 0 Å². The lowest BCUT2D eigenvalue weighted by Crippen LogP contribution is -3.16.